The molecule has 0 amide bonds. The van der Waals surface area contributed by atoms with Crippen LogP contribution in [-0.4, -0.2) is 37.6 Å². The summed E-state index contributed by atoms with van der Waals surface area (Å²) in [5.41, 5.74) is 10.4. The number of aryl methyl sites for hydroxylation is 2. The van der Waals surface area contributed by atoms with E-state index >= 15 is 0 Å². The molecule has 1 aliphatic heterocycles. The lowest BCUT2D eigenvalue weighted by Crippen LogP contribution is -2.46. The summed E-state index contributed by atoms with van der Waals surface area (Å²) in [5, 5.41) is 3.39. The molecule has 0 aliphatic carbocycles. The molecule has 0 bridgehead atoms. The van der Waals surface area contributed by atoms with Gasteiger partial charge < -0.3 is 16.0 Å². The summed E-state index contributed by atoms with van der Waals surface area (Å²) in [6, 6.07) is 6.72. The monoisotopic (exact) mass is 261 g/mol. The van der Waals surface area contributed by atoms with Gasteiger partial charge in [0.25, 0.3) is 0 Å². The molecule has 0 saturated carbocycles. The molecular weight excluding hydrogens is 234 g/mol. The van der Waals surface area contributed by atoms with Gasteiger partial charge in [0, 0.05) is 38.8 Å². The number of nitrogens with zero attached hydrogens (tertiary/aromatic N) is 1. The normalized spacial score (nSPS) is 20.2. The van der Waals surface area contributed by atoms with Crippen molar-refractivity contribution in [2.24, 2.45) is 11.7 Å². The van der Waals surface area contributed by atoms with Crippen LogP contribution in [0.1, 0.15) is 29.7 Å². The van der Waals surface area contributed by atoms with E-state index in [1.807, 2.05) is 0 Å². The van der Waals surface area contributed by atoms with Crippen LogP contribution in [0.2, 0.25) is 0 Å². The van der Waals surface area contributed by atoms with Gasteiger partial charge in [0.1, 0.15) is 0 Å². The lowest BCUT2D eigenvalue weighted by Gasteiger charge is -2.32. The predicted octanol–water partition coefficient (Wildman–Crippen LogP) is 1.84. The van der Waals surface area contributed by atoms with E-state index in [1.54, 1.807) is 0 Å². The lowest BCUT2D eigenvalue weighted by atomic mass is 9.90. The number of benzene rings is 1. The Morgan fingerprint density at radius 3 is 2.63 bits per heavy atom. The predicted molar refractivity (Wildman–Crippen MR) is 81.3 cm³/mol. The standard InChI is InChI=1S/C16H27N3/c1-12-4-5-13(2)15(10-12)16(17)14(3)11-19-8-6-18-7-9-19/h4-5,10,14,16,18H,6-9,11,17H2,1-3H3. The zero-order valence-electron chi connectivity index (χ0n) is 12.4. The van der Waals surface area contributed by atoms with Gasteiger partial charge in [0.05, 0.1) is 0 Å². The first-order valence-corrected chi connectivity index (χ1v) is 7.33. The van der Waals surface area contributed by atoms with Crippen molar-refractivity contribution in [3.8, 4) is 0 Å². The van der Waals surface area contributed by atoms with Gasteiger partial charge in [0.2, 0.25) is 0 Å². The van der Waals surface area contributed by atoms with Gasteiger partial charge in [-0.15, -0.1) is 0 Å². The van der Waals surface area contributed by atoms with E-state index < -0.39 is 0 Å². The van der Waals surface area contributed by atoms with Crippen molar-refractivity contribution in [3.63, 3.8) is 0 Å². The zero-order chi connectivity index (χ0) is 13.8. The highest BCUT2D eigenvalue weighted by molar-refractivity contribution is 5.33. The van der Waals surface area contributed by atoms with Gasteiger partial charge in [-0.3, -0.25) is 0 Å². The lowest BCUT2D eigenvalue weighted by molar-refractivity contribution is 0.199. The molecule has 2 rings (SSSR count). The first-order chi connectivity index (χ1) is 9.08. The largest absolute Gasteiger partial charge is 0.324 e. The molecule has 19 heavy (non-hydrogen) atoms. The molecule has 3 N–H and O–H groups in total. The van der Waals surface area contributed by atoms with Crippen LogP contribution >= 0.6 is 0 Å². The van der Waals surface area contributed by atoms with Gasteiger partial charge in [-0.05, 0) is 30.9 Å². The number of nitrogens with two attached hydrogens (primary N) is 1. The Kier molecular flexibility index (Phi) is 4.97. The highest BCUT2D eigenvalue weighted by atomic mass is 15.2. The Morgan fingerprint density at radius 1 is 1.26 bits per heavy atom. The van der Waals surface area contributed by atoms with E-state index in [1.165, 1.54) is 16.7 Å². The van der Waals surface area contributed by atoms with Crippen molar-refractivity contribution < 1.29 is 0 Å². The second kappa shape index (κ2) is 6.51. The van der Waals surface area contributed by atoms with Gasteiger partial charge >= 0.3 is 0 Å². The van der Waals surface area contributed by atoms with Crippen molar-refractivity contribution in [3.05, 3.63) is 34.9 Å². The number of rotatable bonds is 4. The second-order valence-corrected chi connectivity index (χ2v) is 5.91. The molecule has 2 unspecified atom stereocenters. The Balaban J connectivity index is 2.01. The average Bonchev–Trinajstić information content (AvgIpc) is 2.42. The first kappa shape index (κ1) is 14.5. The molecule has 106 valence electrons. The molecule has 3 nitrogen and oxygen atoms in total. The van der Waals surface area contributed by atoms with E-state index in [0.717, 1.165) is 32.7 Å². The van der Waals surface area contributed by atoms with E-state index in [2.05, 4.69) is 49.2 Å². The maximum absolute atomic E-state index is 6.48. The van der Waals surface area contributed by atoms with Crippen molar-refractivity contribution in [1.82, 2.24) is 10.2 Å². The van der Waals surface area contributed by atoms with E-state index in [-0.39, 0.29) is 6.04 Å². The van der Waals surface area contributed by atoms with Crippen LogP contribution in [0.3, 0.4) is 0 Å². The SMILES string of the molecule is Cc1ccc(C)c(C(N)C(C)CN2CCNCC2)c1. The summed E-state index contributed by atoms with van der Waals surface area (Å²) in [7, 11) is 0. The molecule has 0 radical (unpaired) electrons. The third kappa shape index (κ3) is 3.78. The minimum Gasteiger partial charge on any atom is -0.324 e. The number of hydrogen-bond donors (Lipinski definition) is 2. The molecule has 1 saturated heterocycles. The number of nitrogens with one attached hydrogen (secondary N) is 1. The maximum Gasteiger partial charge on any atom is 0.0335 e. The molecular formula is C16H27N3. The summed E-state index contributed by atoms with van der Waals surface area (Å²) in [4.78, 5) is 2.52. The summed E-state index contributed by atoms with van der Waals surface area (Å²) in [6.07, 6.45) is 0. The fraction of sp³-hybridized carbons (Fsp3) is 0.625. The average molecular weight is 261 g/mol. The molecule has 1 aliphatic rings. The quantitative estimate of drug-likeness (QED) is 0.869. The zero-order valence-corrected chi connectivity index (χ0v) is 12.4. The van der Waals surface area contributed by atoms with Crippen LogP contribution in [0.25, 0.3) is 0 Å². The maximum atomic E-state index is 6.48. The van der Waals surface area contributed by atoms with Gasteiger partial charge in [0.15, 0.2) is 0 Å². The van der Waals surface area contributed by atoms with Crippen LogP contribution < -0.4 is 11.1 Å². The summed E-state index contributed by atoms with van der Waals surface area (Å²) in [5.74, 6) is 0.485. The van der Waals surface area contributed by atoms with Crippen LogP contribution in [0.5, 0.6) is 0 Å². The minimum absolute atomic E-state index is 0.134. The number of piperazine rings is 1. The molecule has 2 atom stereocenters. The van der Waals surface area contributed by atoms with Crippen LogP contribution in [0.15, 0.2) is 18.2 Å². The van der Waals surface area contributed by atoms with Crippen molar-refractivity contribution >= 4 is 0 Å². The first-order valence-electron chi connectivity index (χ1n) is 7.33. The van der Waals surface area contributed by atoms with E-state index in [0.29, 0.717) is 5.92 Å². The Morgan fingerprint density at radius 2 is 1.95 bits per heavy atom. The molecule has 3 heteroatoms. The molecule has 1 aromatic rings. The fourth-order valence-electron chi connectivity index (χ4n) is 2.84. The summed E-state index contributed by atoms with van der Waals surface area (Å²) < 4.78 is 0. The minimum atomic E-state index is 0.134. The van der Waals surface area contributed by atoms with Gasteiger partial charge in [-0.1, -0.05) is 30.7 Å². The van der Waals surface area contributed by atoms with Crippen molar-refractivity contribution in [1.29, 1.82) is 0 Å². The van der Waals surface area contributed by atoms with Crippen LogP contribution in [0, 0.1) is 19.8 Å². The third-order valence-corrected chi connectivity index (χ3v) is 4.16. The molecule has 1 aromatic carbocycles. The Bertz CT molecular complexity index is 410. The highest BCUT2D eigenvalue weighted by Crippen LogP contribution is 2.24. The summed E-state index contributed by atoms with van der Waals surface area (Å²) in [6.45, 7) is 12.2. The van der Waals surface area contributed by atoms with Crippen molar-refractivity contribution in [2.45, 2.75) is 26.8 Å². The van der Waals surface area contributed by atoms with Crippen LogP contribution in [0.4, 0.5) is 0 Å². The molecule has 1 fully saturated rings. The Labute approximate surface area is 117 Å². The third-order valence-electron chi connectivity index (χ3n) is 4.16. The van der Waals surface area contributed by atoms with Crippen molar-refractivity contribution in [2.75, 3.05) is 32.7 Å². The molecule has 1 heterocycles. The van der Waals surface area contributed by atoms with E-state index in [9.17, 15) is 0 Å². The smallest absolute Gasteiger partial charge is 0.0335 e. The molecule has 0 aromatic heterocycles. The molecule has 0 spiro atoms. The second-order valence-electron chi connectivity index (χ2n) is 5.91. The van der Waals surface area contributed by atoms with Gasteiger partial charge in [-0.2, -0.15) is 0 Å². The van der Waals surface area contributed by atoms with Crippen LogP contribution in [-0.2, 0) is 0 Å². The highest BCUT2D eigenvalue weighted by Gasteiger charge is 2.20. The summed E-state index contributed by atoms with van der Waals surface area (Å²) >= 11 is 0. The van der Waals surface area contributed by atoms with E-state index in [4.69, 9.17) is 5.73 Å². The topological polar surface area (TPSA) is 41.3 Å². The van der Waals surface area contributed by atoms with Gasteiger partial charge in [-0.25, -0.2) is 0 Å². The Hall–Kier alpha value is -0.900. The fourth-order valence-corrected chi connectivity index (χ4v) is 2.84. The number of hydrogen-bond acceptors (Lipinski definition) is 3.